The lowest BCUT2D eigenvalue weighted by atomic mass is 9.92. The second-order valence-electron chi connectivity index (χ2n) is 9.58. The third-order valence-corrected chi connectivity index (χ3v) is 7.27. The summed E-state index contributed by atoms with van der Waals surface area (Å²) >= 11 is 0. The fourth-order valence-electron chi connectivity index (χ4n) is 5.68. The van der Waals surface area contributed by atoms with E-state index in [-0.39, 0.29) is 0 Å². The number of likely N-dealkylation sites (tertiary alicyclic amines) is 2. The molecule has 3 aliphatic heterocycles. The summed E-state index contributed by atoms with van der Waals surface area (Å²) in [6.07, 6.45) is 9.28. The molecular formula is C25H35N3. The Morgan fingerprint density at radius 2 is 1.86 bits per heavy atom. The molecule has 28 heavy (non-hydrogen) atoms. The Balaban J connectivity index is 1.43. The molecule has 3 fully saturated rings. The van der Waals surface area contributed by atoms with E-state index in [4.69, 9.17) is 4.99 Å². The van der Waals surface area contributed by atoms with Crippen LogP contribution in [0, 0.1) is 11.8 Å². The molecule has 5 rings (SSSR count). The van der Waals surface area contributed by atoms with Crippen LogP contribution in [0.1, 0.15) is 57.4 Å². The van der Waals surface area contributed by atoms with E-state index in [9.17, 15) is 0 Å². The van der Waals surface area contributed by atoms with Gasteiger partial charge in [0.15, 0.2) is 0 Å². The smallest absolute Gasteiger partial charge is 0.0742 e. The number of fused-ring (bicyclic) bond motifs is 2. The topological polar surface area (TPSA) is 18.8 Å². The van der Waals surface area contributed by atoms with Crippen molar-refractivity contribution >= 4 is 11.3 Å². The monoisotopic (exact) mass is 377 g/mol. The molecule has 0 radical (unpaired) electrons. The van der Waals surface area contributed by atoms with Crippen LogP contribution in [0.25, 0.3) is 11.3 Å². The summed E-state index contributed by atoms with van der Waals surface area (Å²) < 4.78 is 0. The van der Waals surface area contributed by atoms with Crippen molar-refractivity contribution in [3.05, 3.63) is 40.9 Å². The summed E-state index contributed by atoms with van der Waals surface area (Å²) in [5.41, 5.74) is 4.17. The van der Waals surface area contributed by atoms with Crippen LogP contribution in [0.4, 0.5) is 0 Å². The number of hydrogen-bond donors (Lipinski definition) is 0. The Morgan fingerprint density at radius 3 is 2.64 bits per heavy atom. The second-order valence-corrected chi connectivity index (χ2v) is 9.58. The van der Waals surface area contributed by atoms with Gasteiger partial charge in [-0.15, -0.1) is 0 Å². The highest BCUT2D eigenvalue weighted by atomic mass is 15.1. The summed E-state index contributed by atoms with van der Waals surface area (Å²) in [6, 6.07) is 7.36. The first-order valence-electron chi connectivity index (χ1n) is 11.6. The molecule has 1 aromatic rings. The molecule has 3 atom stereocenters. The van der Waals surface area contributed by atoms with Gasteiger partial charge < -0.3 is 9.80 Å². The lowest BCUT2D eigenvalue weighted by Gasteiger charge is -2.29. The van der Waals surface area contributed by atoms with Gasteiger partial charge >= 0.3 is 0 Å². The molecule has 0 N–H and O–H groups in total. The van der Waals surface area contributed by atoms with Gasteiger partial charge in [0.05, 0.1) is 11.4 Å². The largest absolute Gasteiger partial charge is 0.371 e. The van der Waals surface area contributed by atoms with Gasteiger partial charge in [0, 0.05) is 36.8 Å². The Morgan fingerprint density at radius 1 is 1.11 bits per heavy atom. The second kappa shape index (κ2) is 7.67. The van der Waals surface area contributed by atoms with E-state index in [1.165, 1.54) is 86.4 Å². The maximum absolute atomic E-state index is 5.17. The third kappa shape index (κ3) is 3.54. The molecule has 150 valence electrons. The highest BCUT2D eigenvalue weighted by Gasteiger charge is 2.42. The molecule has 3 heteroatoms. The van der Waals surface area contributed by atoms with Crippen LogP contribution >= 0.6 is 0 Å². The molecule has 2 saturated heterocycles. The van der Waals surface area contributed by atoms with Crippen molar-refractivity contribution in [3.8, 4) is 0 Å². The van der Waals surface area contributed by atoms with Gasteiger partial charge in [-0.2, -0.15) is 0 Å². The minimum atomic E-state index is 0.539. The molecule has 3 heterocycles. The SMILES string of the molecule is C=C(c1cccc2c1=NC1CC1C=2C[C@@H](C)CN1CCCCC1)N1CCCC1. The molecule has 0 amide bonds. The zero-order chi connectivity index (χ0) is 19.1. The summed E-state index contributed by atoms with van der Waals surface area (Å²) in [5.74, 6) is 1.44. The zero-order valence-corrected chi connectivity index (χ0v) is 17.5. The lowest BCUT2D eigenvalue weighted by molar-refractivity contribution is 0.201. The Bertz CT molecular complexity index is 858. The fraction of sp³-hybridized carbons (Fsp3) is 0.640. The van der Waals surface area contributed by atoms with Crippen molar-refractivity contribution in [2.45, 2.75) is 57.9 Å². The number of rotatable bonds is 6. The highest BCUT2D eigenvalue weighted by Crippen LogP contribution is 2.44. The van der Waals surface area contributed by atoms with Crippen molar-refractivity contribution in [1.82, 2.24) is 9.80 Å². The fourth-order valence-corrected chi connectivity index (χ4v) is 5.68. The summed E-state index contributed by atoms with van der Waals surface area (Å²) in [7, 11) is 0. The first kappa shape index (κ1) is 18.4. The van der Waals surface area contributed by atoms with Crippen LogP contribution in [0.3, 0.4) is 0 Å². The normalized spacial score (nSPS) is 27.8. The number of para-hydroxylation sites is 1. The number of nitrogens with zero attached hydrogens (tertiary/aromatic N) is 3. The van der Waals surface area contributed by atoms with Crippen molar-refractivity contribution in [2.75, 3.05) is 32.7 Å². The Hall–Kier alpha value is -1.61. The Labute approximate surface area is 169 Å². The minimum absolute atomic E-state index is 0.539. The molecule has 0 aromatic heterocycles. The minimum Gasteiger partial charge on any atom is -0.371 e. The molecule has 1 aliphatic carbocycles. The molecule has 0 bridgehead atoms. The van der Waals surface area contributed by atoms with E-state index in [2.05, 4.69) is 41.5 Å². The third-order valence-electron chi connectivity index (χ3n) is 7.27. The molecule has 3 nitrogen and oxygen atoms in total. The first-order chi connectivity index (χ1) is 13.7. The lowest BCUT2D eigenvalue weighted by Crippen LogP contribution is -2.37. The Kier molecular flexibility index (Phi) is 5.04. The molecule has 1 aromatic carbocycles. The first-order valence-corrected chi connectivity index (χ1v) is 11.6. The van der Waals surface area contributed by atoms with Crippen molar-refractivity contribution in [2.24, 2.45) is 16.8 Å². The van der Waals surface area contributed by atoms with Gasteiger partial charge in [-0.25, -0.2) is 0 Å². The van der Waals surface area contributed by atoms with Crippen molar-refractivity contribution in [1.29, 1.82) is 0 Å². The molecule has 0 spiro atoms. The molecular weight excluding hydrogens is 342 g/mol. The van der Waals surface area contributed by atoms with Crippen molar-refractivity contribution in [3.63, 3.8) is 0 Å². The molecule has 1 saturated carbocycles. The van der Waals surface area contributed by atoms with Crippen LogP contribution in [-0.2, 0) is 0 Å². The van der Waals surface area contributed by atoms with Crippen LogP contribution in [0.5, 0.6) is 0 Å². The predicted octanol–water partition coefficient (Wildman–Crippen LogP) is 3.44. The van der Waals surface area contributed by atoms with Gasteiger partial charge in [0.1, 0.15) is 0 Å². The van der Waals surface area contributed by atoms with Crippen LogP contribution in [-0.4, -0.2) is 48.6 Å². The highest BCUT2D eigenvalue weighted by molar-refractivity contribution is 5.64. The quantitative estimate of drug-likeness (QED) is 0.756. The van der Waals surface area contributed by atoms with E-state index in [0.717, 1.165) is 19.0 Å². The maximum Gasteiger partial charge on any atom is 0.0742 e. The predicted molar refractivity (Wildman–Crippen MR) is 116 cm³/mol. The van der Waals surface area contributed by atoms with Gasteiger partial charge in [-0.1, -0.05) is 43.7 Å². The average Bonchev–Trinajstić information content (AvgIpc) is 3.28. The van der Waals surface area contributed by atoms with Gasteiger partial charge in [0.25, 0.3) is 0 Å². The van der Waals surface area contributed by atoms with Gasteiger partial charge in [-0.3, -0.25) is 4.99 Å². The molecule has 2 unspecified atom stereocenters. The summed E-state index contributed by atoms with van der Waals surface area (Å²) in [5, 5.41) is 2.68. The van der Waals surface area contributed by atoms with Crippen LogP contribution in [0.15, 0.2) is 29.8 Å². The summed E-state index contributed by atoms with van der Waals surface area (Å²) in [4.78, 5) is 10.3. The zero-order valence-electron chi connectivity index (χ0n) is 17.5. The van der Waals surface area contributed by atoms with Crippen molar-refractivity contribution < 1.29 is 0 Å². The average molecular weight is 378 g/mol. The van der Waals surface area contributed by atoms with Gasteiger partial charge in [0.2, 0.25) is 0 Å². The van der Waals surface area contributed by atoms with Gasteiger partial charge in [-0.05, 0) is 62.8 Å². The molecule has 4 aliphatic rings. The standard InChI is InChI=1S/C25H35N3/c1-18(17-27-11-4-3-5-12-27)15-22-21-10-8-9-20(19(2)28-13-6-7-14-28)25(21)26-24-16-23(22)24/h8-10,18,23-24H,2-7,11-17H2,1H3/t18-,23?,24?/m1/s1. The number of hydrogen-bond acceptors (Lipinski definition) is 3. The summed E-state index contributed by atoms with van der Waals surface area (Å²) in [6.45, 7) is 13.1. The van der Waals surface area contributed by atoms with Crippen LogP contribution < -0.4 is 10.6 Å². The van der Waals surface area contributed by atoms with E-state index in [0.29, 0.717) is 12.0 Å². The van der Waals surface area contributed by atoms with E-state index in [1.807, 2.05) is 0 Å². The van der Waals surface area contributed by atoms with E-state index >= 15 is 0 Å². The van der Waals surface area contributed by atoms with E-state index in [1.54, 1.807) is 5.57 Å². The maximum atomic E-state index is 5.17. The van der Waals surface area contributed by atoms with E-state index < -0.39 is 0 Å². The number of benzene rings is 1. The van der Waals surface area contributed by atoms with Crippen LogP contribution in [0.2, 0.25) is 0 Å². The number of piperidine rings is 1.